The molecular weight excluding hydrogens is 331 g/mol. The topological polar surface area (TPSA) is 43.8 Å². The fourth-order valence-electron chi connectivity index (χ4n) is 4.39. The van der Waals surface area contributed by atoms with E-state index in [0.717, 1.165) is 24.2 Å². The molecule has 2 aliphatic heterocycles. The zero-order chi connectivity index (χ0) is 18.3. The summed E-state index contributed by atoms with van der Waals surface area (Å²) in [5.41, 5.74) is 2.51. The molecule has 0 aliphatic carbocycles. The van der Waals surface area contributed by atoms with Crippen LogP contribution in [-0.4, -0.2) is 59.1 Å². The molecular formula is C21H23FN2O2. The highest BCUT2D eigenvalue weighted by Crippen LogP contribution is 2.43. The van der Waals surface area contributed by atoms with Crippen molar-refractivity contribution in [2.45, 2.75) is 24.9 Å². The van der Waals surface area contributed by atoms with E-state index in [-0.39, 0.29) is 36.3 Å². The van der Waals surface area contributed by atoms with E-state index in [4.69, 9.17) is 0 Å². The molecule has 26 heavy (non-hydrogen) atoms. The van der Waals surface area contributed by atoms with Gasteiger partial charge in [0.2, 0.25) is 5.91 Å². The number of carbonyl (C=O) groups excluding carboxylic acids is 1. The van der Waals surface area contributed by atoms with Crippen molar-refractivity contribution in [2.24, 2.45) is 0 Å². The van der Waals surface area contributed by atoms with E-state index in [1.165, 1.54) is 6.07 Å². The first-order valence-electron chi connectivity index (χ1n) is 9.13. The predicted molar refractivity (Wildman–Crippen MR) is 98.2 cm³/mol. The highest BCUT2D eigenvalue weighted by molar-refractivity contribution is 5.81. The van der Waals surface area contributed by atoms with Gasteiger partial charge in [-0.2, -0.15) is 0 Å². The Morgan fingerprint density at radius 3 is 2.54 bits per heavy atom. The molecule has 0 unspecified atom stereocenters. The van der Waals surface area contributed by atoms with Crippen LogP contribution in [0.3, 0.4) is 0 Å². The third-order valence-corrected chi connectivity index (χ3v) is 5.75. The Kier molecular flexibility index (Phi) is 4.51. The summed E-state index contributed by atoms with van der Waals surface area (Å²) in [6.07, 6.45) is 0. The Bertz CT molecular complexity index is 808. The van der Waals surface area contributed by atoms with Crippen molar-refractivity contribution in [2.75, 3.05) is 26.2 Å². The summed E-state index contributed by atoms with van der Waals surface area (Å²) in [4.78, 5) is 16.4. The lowest BCUT2D eigenvalue weighted by Crippen LogP contribution is -2.72. The summed E-state index contributed by atoms with van der Waals surface area (Å²) in [6.45, 7) is 4.14. The van der Waals surface area contributed by atoms with E-state index in [9.17, 15) is 14.3 Å². The number of benzene rings is 2. The number of hydrogen-bond donors (Lipinski definition) is 1. The van der Waals surface area contributed by atoms with Gasteiger partial charge in [0.15, 0.2) is 0 Å². The second-order valence-corrected chi connectivity index (χ2v) is 7.07. The Morgan fingerprint density at radius 1 is 1.15 bits per heavy atom. The van der Waals surface area contributed by atoms with Gasteiger partial charge < -0.3 is 10.0 Å². The maximum Gasteiger partial charge on any atom is 0.237 e. The van der Waals surface area contributed by atoms with E-state index in [1.54, 1.807) is 12.1 Å². The Balaban J connectivity index is 1.60. The first kappa shape index (κ1) is 17.2. The fraction of sp³-hybridized carbons (Fsp3) is 0.381. The van der Waals surface area contributed by atoms with Gasteiger partial charge in [-0.25, -0.2) is 4.39 Å². The van der Waals surface area contributed by atoms with Gasteiger partial charge in [0, 0.05) is 18.0 Å². The van der Waals surface area contributed by atoms with E-state index in [2.05, 4.69) is 11.8 Å². The lowest BCUT2D eigenvalue weighted by molar-refractivity contribution is -0.161. The Morgan fingerprint density at radius 2 is 1.88 bits per heavy atom. The Labute approximate surface area is 152 Å². The third-order valence-electron chi connectivity index (χ3n) is 5.75. The molecule has 0 saturated carbocycles. The van der Waals surface area contributed by atoms with Crippen LogP contribution in [0, 0.1) is 5.82 Å². The number of fused-ring (bicyclic) bond motifs is 1. The van der Waals surface area contributed by atoms with Crippen LogP contribution in [-0.2, 0) is 4.79 Å². The lowest BCUT2D eigenvalue weighted by Gasteiger charge is -2.58. The number of aliphatic hydroxyl groups is 1. The first-order valence-corrected chi connectivity index (χ1v) is 9.13. The molecule has 2 aromatic rings. The average molecular weight is 354 g/mol. The van der Waals surface area contributed by atoms with Crippen molar-refractivity contribution in [3.05, 3.63) is 59.9 Å². The molecule has 2 heterocycles. The van der Waals surface area contributed by atoms with Crippen LogP contribution in [0.2, 0.25) is 0 Å². The monoisotopic (exact) mass is 354 g/mol. The van der Waals surface area contributed by atoms with Crippen LogP contribution in [0.15, 0.2) is 48.5 Å². The molecule has 3 atom stereocenters. The van der Waals surface area contributed by atoms with Crippen LogP contribution < -0.4 is 0 Å². The molecule has 2 fully saturated rings. The smallest absolute Gasteiger partial charge is 0.237 e. The molecule has 0 radical (unpaired) electrons. The van der Waals surface area contributed by atoms with Gasteiger partial charge in [0.25, 0.3) is 0 Å². The quantitative estimate of drug-likeness (QED) is 0.917. The molecule has 1 amide bonds. The first-order chi connectivity index (χ1) is 12.6. The number of nitrogens with zero attached hydrogens (tertiary/aromatic N) is 2. The summed E-state index contributed by atoms with van der Waals surface area (Å²) in [7, 11) is 0. The normalized spacial score (nSPS) is 25.7. The van der Waals surface area contributed by atoms with Crippen molar-refractivity contribution in [1.29, 1.82) is 0 Å². The third kappa shape index (κ3) is 2.72. The standard InChI is InChI=1S/C21H23FN2O2/c1-2-23-11-18-21(19(13-25)24(18)20(26)12-23)15-9-7-14(8-10-15)16-5-3-4-6-17(16)22/h3-10,18-19,21,25H,2,11-13H2,1H3/t18-,19+,21+/m0/s1. The molecule has 2 aliphatic rings. The maximum absolute atomic E-state index is 14.0. The van der Waals surface area contributed by atoms with E-state index in [0.29, 0.717) is 12.1 Å². The van der Waals surface area contributed by atoms with Crippen LogP contribution in [0.1, 0.15) is 18.4 Å². The van der Waals surface area contributed by atoms with E-state index < -0.39 is 0 Å². The van der Waals surface area contributed by atoms with Crippen molar-refractivity contribution < 1.29 is 14.3 Å². The largest absolute Gasteiger partial charge is 0.394 e. The highest BCUT2D eigenvalue weighted by atomic mass is 19.1. The van der Waals surface area contributed by atoms with Crippen LogP contribution in [0.5, 0.6) is 0 Å². The van der Waals surface area contributed by atoms with Crippen molar-refractivity contribution in [1.82, 2.24) is 9.80 Å². The fourth-order valence-corrected chi connectivity index (χ4v) is 4.39. The maximum atomic E-state index is 14.0. The molecule has 0 spiro atoms. The lowest BCUT2D eigenvalue weighted by atomic mass is 9.73. The van der Waals surface area contributed by atoms with E-state index in [1.807, 2.05) is 35.2 Å². The minimum atomic E-state index is -0.236. The van der Waals surface area contributed by atoms with Crippen molar-refractivity contribution in [3.63, 3.8) is 0 Å². The SMILES string of the molecule is CCN1CC(=O)N2[C@H](CO)[C@H](c3ccc(-c4ccccc4F)cc3)[C@@H]2C1. The van der Waals surface area contributed by atoms with Gasteiger partial charge in [-0.05, 0) is 23.7 Å². The number of rotatable bonds is 4. The predicted octanol–water partition coefficient (Wildman–Crippen LogP) is 2.48. The van der Waals surface area contributed by atoms with Crippen LogP contribution in [0.25, 0.3) is 11.1 Å². The number of likely N-dealkylation sites (N-methyl/N-ethyl adjacent to an activating group) is 1. The molecule has 2 saturated heterocycles. The number of hydrogen-bond acceptors (Lipinski definition) is 3. The van der Waals surface area contributed by atoms with Gasteiger partial charge in [0.1, 0.15) is 5.82 Å². The number of piperazine rings is 1. The van der Waals surface area contributed by atoms with Gasteiger partial charge in [-0.15, -0.1) is 0 Å². The zero-order valence-electron chi connectivity index (χ0n) is 14.8. The Hall–Kier alpha value is -2.24. The second kappa shape index (κ2) is 6.82. The summed E-state index contributed by atoms with van der Waals surface area (Å²) in [5.74, 6) is -0.0193. The number of amides is 1. The molecule has 2 aromatic carbocycles. The number of halogens is 1. The molecule has 0 bridgehead atoms. The van der Waals surface area contributed by atoms with Gasteiger partial charge >= 0.3 is 0 Å². The van der Waals surface area contributed by atoms with Crippen LogP contribution in [0.4, 0.5) is 4.39 Å². The van der Waals surface area contributed by atoms with Crippen molar-refractivity contribution >= 4 is 5.91 Å². The number of aliphatic hydroxyl groups excluding tert-OH is 1. The summed E-state index contributed by atoms with van der Waals surface area (Å²) in [5, 5.41) is 9.81. The van der Waals surface area contributed by atoms with Crippen molar-refractivity contribution in [3.8, 4) is 11.1 Å². The van der Waals surface area contributed by atoms with E-state index >= 15 is 0 Å². The zero-order valence-corrected chi connectivity index (χ0v) is 14.8. The minimum absolute atomic E-state index is 0.0336. The molecule has 0 aromatic heterocycles. The summed E-state index contributed by atoms with van der Waals surface area (Å²) in [6, 6.07) is 14.5. The number of carbonyl (C=O) groups is 1. The summed E-state index contributed by atoms with van der Waals surface area (Å²) >= 11 is 0. The van der Waals surface area contributed by atoms with Gasteiger partial charge in [0.05, 0.1) is 25.2 Å². The second-order valence-electron chi connectivity index (χ2n) is 7.07. The molecule has 4 nitrogen and oxygen atoms in total. The highest BCUT2D eigenvalue weighted by Gasteiger charge is 2.53. The van der Waals surface area contributed by atoms with Gasteiger partial charge in [-0.3, -0.25) is 9.69 Å². The average Bonchev–Trinajstić information content (AvgIpc) is 2.64. The molecule has 1 N–H and O–H groups in total. The minimum Gasteiger partial charge on any atom is -0.394 e. The van der Waals surface area contributed by atoms with Crippen LogP contribution >= 0.6 is 0 Å². The summed E-state index contributed by atoms with van der Waals surface area (Å²) < 4.78 is 14.0. The molecule has 4 rings (SSSR count). The molecule has 5 heteroatoms. The molecule has 136 valence electrons. The van der Waals surface area contributed by atoms with Gasteiger partial charge in [-0.1, -0.05) is 49.4 Å².